The number of benzene rings is 12. The molecule has 0 amide bonds. The highest BCUT2D eigenvalue weighted by Gasteiger charge is 2.18. The third kappa shape index (κ3) is 6.82. The maximum atomic E-state index is 2.40. The molecule has 0 unspecified atom stereocenters. The summed E-state index contributed by atoms with van der Waals surface area (Å²) in [4.78, 5) is 2.40. The molecule has 1 aromatic heterocycles. The predicted molar refractivity (Wildman–Crippen MR) is 290 cm³/mol. The Kier molecular flexibility index (Phi) is 9.54. The molecule has 2 nitrogen and oxygen atoms in total. The van der Waals surface area contributed by atoms with E-state index in [1.54, 1.807) is 0 Å². The van der Waals surface area contributed by atoms with Crippen molar-refractivity contribution in [3.63, 3.8) is 0 Å². The molecule has 0 aliphatic carbocycles. The molecule has 0 fully saturated rings. The highest BCUT2D eigenvalue weighted by molar-refractivity contribution is 6.26. The van der Waals surface area contributed by atoms with E-state index in [1.807, 2.05) is 0 Å². The van der Waals surface area contributed by atoms with Gasteiger partial charge < -0.3 is 9.47 Å². The Labute approximate surface area is 395 Å². The second kappa shape index (κ2) is 16.5. The molecule has 0 N–H and O–H groups in total. The molecule has 12 aromatic carbocycles. The summed E-state index contributed by atoms with van der Waals surface area (Å²) in [5.74, 6) is 0. The molecule has 0 spiro atoms. The van der Waals surface area contributed by atoms with Gasteiger partial charge in [-0.3, -0.25) is 0 Å². The number of anilines is 3. The zero-order valence-electron chi connectivity index (χ0n) is 37.3. The summed E-state index contributed by atoms with van der Waals surface area (Å²) in [7, 11) is 0. The normalized spacial score (nSPS) is 11.5. The fraction of sp³-hybridized carbons (Fsp3) is 0. The first-order chi connectivity index (χ1) is 33.7. The molecule has 0 atom stereocenters. The zero-order chi connectivity index (χ0) is 45.0. The maximum absolute atomic E-state index is 2.40. The minimum atomic E-state index is 1.09. The second-order valence-electron chi connectivity index (χ2n) is 17.7. The van der Waals surface area contributed by atoms with Crippen LogP contribution >= 0.6 is 0 Å². The van der Waals surface area contributed by atoms with Crippen molar-refractivity contribution in [3.8, 4) is 50.2 Å². The molecule has 13 aromatic rings. The van der Waals surface area contributed by atoms with Crippen molar-refractivity contribution < 1.29 is 0 Å². The van der Waals surface area contributed by atoms with Crippen LogP contribution in [0.15, 0.2) is 267 Å². The summed E-state index contributed by atoms with van der Waals surface area (Å²) < 4.78 is 2.40. The summed E-state index contributed by atoms with van der Waals surface area (Å²) >= 11 is 0. The van der Waals surface area contributed by atoms with Crippen LogP contribution in [-0.2, 0) is 0 Å². The van der Waals surface area contributed by atoms with Crippen molar-refractivity contribution in [2.24, 2.45) is 0 Å². The lowest BCUT2D eigenvalue weighted by atomic mass is 9.94. The van der Waals surface area contributed by atoms with Crippen LogP contribution in [0.25, 0.3) is 104 Å². The average molecular weight is 865 g/mol. The molecule has 0 aliphatic heterocycles. The Morgan fingerprint density at radius 3 is 0.985 bits per heavy atom. The minimum absolute atomic E-state index is 1.09. The van der Waals surface area contributed by atoms with Gasteiger partial charge in [0, 0.05) is 33.5 Å². The minimum Gasteiger partial charge on any atom is -0.310 e. The van der Waals surface area contributed by atoms with Crippen LogP contribution in [0.4, 0.5) is 17.1 Å². The smallest absolute Gasteiger partial charge is 0.0541 e. The molecule has 13 rings (SSSR count). The van der Waals surface area contributed by atoms with E-state index >= 15 is 0 Å². The van der Waals surface area contributed by atoms with E-state index in [1.165, 1.54) is 98.6 Å². The van der Waals surface area contributed by atoms with E-state index in [0.29, 0.717) is 0 Å². The van der Waals surface area contributed by atoms with Crippen LogP contribution < -0.4 is 4.90 Å². The van der Waals surface area contributed by atoms with Gasteiger partial charge in [-0.25, -0.2) is 0 Å². The second-order valence-corrected chi connectivity index (χ2v) is 17.7. The standard InChI is InChI=1S/C66H44N2/c1-4-14-45(15-5-1)47-24-26-49(27-25-47)51-32-40-65-63(42-51)64-43-52(33-41-66(64)68(65)53-18-8-3-9-19-53)50-30-36-55(37-31-50)67(54-34-28-48(29-35-54)46-16-6-2-7-17-46)56-38-39-61-59-22-11-10-20-57(59)58-21-12-13-23-60(58)62(61)44-56/h1-44H. The van der Waals surface area contributed by atoms with Gasteiger partial charge in [0.05, 0.1) is 11.0 Å². The van der Waals surface area contributed by atoms with Crippen LogP contribution in [0, 0.1) is 0 Å². The molecule has 0 radical (unpaired) electrons. The van der Waals surface area contributed by atoms with Gasteiger partial charge in [-0.2, -0.15) is 0 Å². The lowest BCUT2D eigenvalue weighted by molar-refractivity contribution is 1.18. The van der Waals surface area contributed by atoms with Crippen molar-refractivity contribution in [2.75, 3.05) is 4.90 Å². The summed E-state index contributed by atoms with van der Waals surface area (Å²) in [5.41, 5.74) is 16.4. The van der Waals surface area contributed by atoms with Gasteiger partial charge in [-0.05, 0) is 150 Å². The Morgan fingerprint density at radius 2 is 0.529 bits per heavy atom. The highest BCUT2D eigenvalue weighted by Crippen LogP contribution is 2.43. The van der Waals surface area contributed by atoms with Crippen molar-refractivity contribution in [3.05, 3.63) is 267 Å². The summed E-state index contributed by atoms with van der Waals surface area (Å²) in [6.07, 6.45) is 0. The first kappa shape index (κ1) is 39.4. The molecule has 0 saturated heterocycles. The van der Waals surface area contributed by atoms with Crippen LogP contribution in [0.1, 0.15) is 0 Å². The molecule has 0 bridgehead atoms. The number of hydrogen-bond acceptors (Lipinski definition) is 1. The number of nitrogens with zero attached hydrogens (tertiary/aromatic N) is 2. The quantitative estimate of drug-likeness (QED) is 0.138. The molecular weight excluding hydrogens is 821 g/mol. The number of fused-ring (bicyclic) bond motifs is 9. The topological polar surface area (TPSA) is 8.17 Å². The number of aromatic nitrogens is 1. The summed E-state index contributed by atoms with van der Waals surface area (Å²) in [5, 5.41) is 10.0. The Bertz CT molecular complexity index is 3930. The third-order valence-corrected chi connectivity index (χ3v) is 13.8. The molecular formula is C66H44N2. The van der Waals surface area contributed by atoms with Gasteiger partial charge in [0.2, 0.25) is 0 Å². The summed E-state index contributed by atoms with van der Waals surface area (Å²) in [6.45, 7) is 0. The van der Waals surface area contributed by atoms with Gasteiger partial charge in [0.15, 0.2) is 0 Å². The number of rotatable bonds is 8. The Morgan fingerprint density at radius 1 is 0.206 bits per heavy atom. The van der Waals surface area contributed by atoms with E-state index in [9.17, 15) is 0 Å². The van der Waals surface area contributed by atoms with Crippen LogP contribution in [0.3, 0.4) is 0 Å². The Hall–Kier alpha value is -8.98. The van der Waals surface area contributed by atoms with Crippen molar-refractivity contribution >= 4 is 71.2 Å². The third-order valence-electron chi connectivity index (χ3n) is 13.8. The van der Waals surface area contributed by atoms with Crippen LogP contribution in [0.5, 0.6) is 0 Å². The lowest BCUT2D eigenvalue weighted by Gasteiger charge is -2.26. The lowest BCUT2D eigenvalue weighted by Crippen LogP contribution is -2.10. The summed E-state index contributed by atoms with van der Waals surface area (Å²) in [6, 6.07) is 97.4. The van der Waals surface area contributed by atoms with Crippen molar-refractivity contribution in [1.29, 1.82) is 0 Å². The number of para-hydroxylation sites is 1. The zero-order valence-corrected chi connectivity index (χ0v) is 37.3. The fourth-order valence-electron chi connectivity index (χ4n) is 10.4. The van der Waals surface area contributed by atoms with E-state index in [-0.39, 0.29) is 0 Å². The molecule has 1 heterocycles. The molecule has 68 heavy (non-hydrogen) atoms. The highest BCUT2D eigenvalue weighted by atomic mass is 15.1. The van der Waals surface area contributed by atoms with Gasteiger partial charge >= 0.3 is 0 Å². The van der Waals surface area contributed by atoms with Crippen LogP contribution in [0.2, 0.25) is 0 Å². The van der Waals surface area contributed by atoms with Gasteiger partial charge in [-0.1, -0.05) is 194 Å². The fourth-order valence-corrected chi connectivity index (χ4v) is 10.4. The van der Waals surface area contributed by atoms with E-state index in [2.05, 4.69) is 276 Å². The van der Waals surface area contributed by atoms with Gasteiger partial charge in [-0.15, -0.1) is 0 Å². The van der Waals surface area contributed by atoms with Gasteiger partial charge in [0.1, 0.15) is 0 Å². The van der Waals surface area contributed by atoms with E-state index in [0.717, 1.165) is 22.7 Å². The predicted octanol–water partition coefficient (Wildman–Crippen LogP) is 18.4. The molecule has 0 aliphatic rings. The van der Waals surface area contributed by atoms with Gasteiger partial charge in [0.25, 0.3) is 0 Å². The molecule has 318 valence electrons. The molecule has 2 heteroatoms. The first-order valence-electron chi connectivity index (χ1n) is 23.4. The van der Waals surface area contributed by atoms with E-state index < -0.39 is 0 Å². The Balaban J connectivity index is 0.924. The van der Waals surface area contributed by atoms with Crippen LogP contribution in [-0.4, -0.2) is 4.57 Å². The largest absolute Gasteiger partial charge is 0.310 e. The maximum Gasteiger partial charge on any atom is 0.0541 e. The molecule has 0 saturated carbocycles. The first-order valence-corrected chi connectivity index (χ1v) is 23.4. The van der Waals surface area contributed by atoms with E-state index in [4.69, 9.17) is 0 Å². The average Bonchev–Trinajstić information content (AvgIpc) is 3.75. The number of hydrogen-bond donors (Lipinski definition) is 0. The monoisotopic (exact) mass is 864 g/mol. The van der Waals surface area contributed by atoms with Crippen molar-refractivity contribution in [2.45, 2.75) is 0 Å². The SMILES string of the molecule is c1ccc(-c2ccc(-c3ccc4c(c3)c3cc(-c5ccc(N(c6ccc(-c7ccccc7)cc6)c6ccc7c8ccccc8c8ccccc8c7c6)cc5)ccc3n4-c3ccccc3)cc2)cc1. The van der Waals surface area contributed by atoms with Crippen molar-refractivity contribution in [1.82, 2.24) is 4.57 Å².